The number of piperidine rings is 1. The van der Waals surface area contributed by atoms with E-state index in [0.29, 0.717) is 12.8 Å². The number of halogens is 5. The van der Waals surface area contributed by atoms with Gasteiger partial charge in [-0.05, 0) is 33.7 Å². The van der Waals surface area contributed by atoms with Crippen molar-refractivity contribution in [2.45, 2.75) is 44.9 Å². The van der Waals surface area contributed by atoms with E-state index in [-0.39, 0.29) is 12.1 Å². The molecule has 1 aliphatic rings. The first-order valence-corrected chi connectivity index (χ1v) is 7.09. The number of ether oxygens (including phenoxy) is 1. The van der Waals surface area contributed by atoms with Crippen molar-refractivity contribution in [1.29, 1.82) is 0 Å². The molecule has 1 fully saturated rings. The number of carbonyl (C=O) groups excluding carboxylic acids is 1. The highest BCUT2D eigenvalue weighted by Crippen LogP contribution is 2.27. The Kier molecular flexibility index (Phi) is 4.93. The van der Waals surface area contributed by atoms with E-state index in [1.807, 2.05) is 25.8 Å². The first-order chi connectivity index (χ1) is 10.6. The molecule has 3 nitrogen and oxygen atoms in total. The highest BCUT2D eigenvalue weighted by Gasteiger charge is 2.34. The van der Waals surface area contributed by atoms with E-state index in [4.69, 9.17) is 4.74 Å². The predicted octanol–water partition coefficient (Wildman–Crippen LogP) is 3.41. The van der Waals surface area contributed by atoms with Gasteiger partial charge in [0.25, 0.3) is 0 Å². The molecule has 0 bridgehead atoms. The lowest BCUT2D eigenvalue weighted by Gasteiger charge is -2.39. The van der Waals surface area contributed by atoms with Crippen LogP contribution >= 0.6 is 0 Å². The topological polar surface area (TPSA) is 29.5 Å². The SMILES string of the molecule is CC1CC(OC(=O)c2c(F)c(F)c(F)c(F)c2F)CC(C)N1C. The predicted molar refractivity (Wildman–Crippen MR) is 71.4 cm³/mol. The zero-order valence-corrected chi connectivity index (χ0v) is 12.8. The maximum Gasteiger partial charge on any atom is 0.344 e. The fraction of sp³-hybridized carbons (Fsp3) is 0.533. The molecule has 0 radical (unpaired) electrons. The summed E-state index contributed by atoms with van der Waals surface area (Å²) in [4.78, 5) is 13.9. The molecular weight excluding hydrogens is 321 g/mol. The Hall–Kier alpha value is -1.70. The van der Waals surface area contributed by atoms with Gasteiger partial charge >= 0.3 is 5.97 Å². The lowest BCUT2D eigenvalue weighted by molar-refractivity contribution is -0.0106. The van der Waals surface area contributed by atoms with Gasteiger partial charge in [0.15, 0.2) is 23.3 Å². The molecule has 23 heavy (non-hydrogen) atoms. The summed E-state index contributed by atoms with van der Waals surface area (Å²) in [7, 11) is 1.89. The third-order valence-corrected chi connectivity index (χ3v) is 4.29. The van der Waals surface area contributed by atoms with Gasteiger partial charge in [-0.3, -0.25) is 0 Å². The fourth-order valence-corrected chi connectivity index (χ4v) is 2.71. The summed E-state index contributed by atoms with van der Waals surface area (Å²) in [5.41, 5.74) is -1.55. The summed E-state index contributed by atoms with van der Waals surface area (Å²) in [6.07, 6.45) is 0.155. The highest BCUT2D eigenvalue weighted by atomic mass is 19.2. The monoisotopic (exact) mass is 337 g/mol. The van der Waals surface area contributed by atoms with Crippen molar-refractivity contribution in [3.63, 3.8) is 0 Å². The van der Waals surface area contributed by atoms with Crippen LogP contribution in [0.5, 0.6) is 0 Å². The van der Waals surface area contributed by atoms with E-state index in [0.717, 1.165) is 0 Å². The summed E-state index contributed by atoms with van der Waals surface area (Å²) in [5, 5.41) is 0. The Bertz CT molecular complexity index is 596. The van der Waals surface area contributed by atoms with Crippen molar-refractivity contribution in [3.8, 4) is 0 Å². The lowest BCUT2D eigenvalue weighted by Crippen LogP contribution is -2.47. The molecule has 2 rings (SSSR count). The van der Waals surface area contributed by atoms with E-state index in [1.165, 1.54) is 0 Å². The van der Waals surface area contributed by atoms with Crippen LogP contribution < -0.4 is 0 Å². The Balaban J connectivity index is 2.26. The van der Waals surface area contributed by atoms with Crippen molar-refractivity contribution >= 4 is 5.97 Å². The Morgan fingerprint density at radius 1 is 0.913 bits per heavy atom. The number of hydrogen-bond donors (Lipinski definition) is 0. The van der Waals surface area contributed by atoms with Crippen LogP contribution in [0.2, 0.25) is 0 Å². The number of benzene rings is 1. The lowest BCUT2D eigenvalue weighted by atomic mass is 9.95. The van der Waals surface area contributed by atoms with E-state index < -0.39 is 46.7 Å². The van der Waals surface area contributed by atoms with E-state index in [2.05, 4.69) is 0 Å². The fourth-order valence-electron chi connectivity index (χ4n) is 2.71. The number of esters is 1. The minimum absolute atomic E-state index is 0.0490. The van der Waals surface area contributed by atoms with Crippen LogP contribution in [0.3, 0.4) is 0 Å². The molecular formula is C15H16F5NO2. The Morgan fingerprint density at radius 2 is 1.30 bits per heavy atom. The minimum Gasteiger partial charge on any atom is -0.459 e. The van der Waals surface area contributed by atoms with Crippen molar-refractivity contribution in [1.82, 2.24) is 4.90 Å². The second-order valence-corrected chi connectivity index (χ2v) is 5.81. The van der Waals surface area contributed by atoms with Gasteiger partial charge in [0.2, 0.25) is 5.82 Å². The summed E-state index contributed by atoms with van der Waals surface area (Å²) in [5.74, 6) is -12.5. The molecule has 1 saturated heterocycles. The molecule has 1 aromatic rings. The van der Waals surface area contributed by atoms with Gasteiger partial charge in [-0.1, -0.05) is 0 Å². The second-order valence-electron chi connectivity index (χ2n) is 5.81. The number of carbonyl (C=O) groups is 1. The third-order valence-electron chi connectivity index (χ3n) is 4.29. The molecule has 1 aliphatic heterocycles. The number of hydrogen-bond acceptors (Lipinski definition) is 3. The number of likely N-dealkylation sites (tertiary alicyclic amines) is 1. The first kappa shape index (κ1) is 17.7. The van der Waals surface area contributed by atoms with Crippen LogP contribution in [0.4, 0.5) is 22.0 Å². The average Bonchev–Trinajstić information content (AvgIpc) is 2.48. The third kappa shape index (κ3) is 3.17. The molecule has 0 aromatic heterocycles. The zero-order valence-electron chi connectivity index (χ0n) is 12.8. The van der Waals surface area contributed by atoms with E-state index in [9.17, 15) is 26.7 Å². The van der Waals surface area contributed by atoms with Crippen LogP contribution in [-0.4, -0.2) is 36.1 Å². The van der Waals surface area contributed by atoms with Crippen LogP contribution in [0, 0.1) is 29.1 Å². The first-order valence-electron chi connectivity index (χ1n) is 7.09. The van der Waals surface area contributed by atoms with Gasteiger partial charge in [-0.2, -0.15) is 0 Å². The van der Waals surface area contributed by atoms with Gasteiger partial charge < -0.3 is 9.64 Å². The van der Waals surface area contributed by atoms with Crippen molar-refractivity contribution < 1.29 is 31.5 Å². The maximum absolute atomic E-state index is 13.6. The Labute approximate surface area is 130 Å². The van der Waals surface area contributed by atoms with E-state index in [1.54, 1.807) is 0 Å². The average molecular weight is 337 g/mol. The number of nitrogens with zero attached hydrogens (tertiary/aromatic N) is 1. The van der Waals surface area contributed by atoms with Crippen LogP contribution in [-0.2, 0) is 4.74 Å². The Morgan fingerprint density at radius 3 is 1.74 bits per heavy atom. The van der Waals surface area contributed by atoms with Crippen LogP contribution in [0.25, 0.3) is 0 Å². The maximum atomic E-state index is 13.6. The number of rotatable bonds is 2. The molecule has 2 unspecified atom stereocenters. The molecule has 0 saturated carbocycles. The quantitative estimate of drug-likeness (QED) is 0.358. The summed E-state index contributed by atoms with van der Waals surface area (Å²) < 4.78 is 71.4. The highest BCUT2D eigenvalue weighted by molar-refractivity contribution is 5.90. The summed E-state index contributed by atoms with van der Waals surface area (Å²) in [6, 6.07) is 0.0980. The molecule has 2 atom stereocenters. The van der Waals surface area contributed by atoms with E-state index >= 15 is 0 Å². The molecule has 0 aliphatic carbocycles. The van der Waals surface area contributed by atoms with Gasteiger partial charge in [0.05, 0.1) is 0 Å². The second kappa shape index (κ2) is 6.43. The normalized spacial score (nSPS) is 25.5. The zero-order chi connectivity index (χ0) is 17.5. The van der Waals surface area contributed by atoms with Crippen LogP contribution in [0.15, 0.2) is 0 Å². The van der Waals surface area contributed by atoms with Gasteiger partial charge in [0, 0.05) is 12.1 Å². The van der Waals surface area contributed by atoms with Gasteiger partial charge in [-0.15, -0.1) is 0 Å². The smallest absolute Gasteiger partial charge is 0.344 e. The molecule has 128 valence electrons. The molecule has 0 amide bonds. The summed E-state index contributed by atoms with van der Waals surface area (Å²) >= 11 is 0. The van der Waals surface area contributed by atoms with Crippen molar-refractivity contribution in [2.75, 3.05) is 7.05 Å². The van der Waals surface area contributed by atoms with Gasteiger partial charge in [-0.25, -0.2) is 26.7 Å². The molecule has 8 heteroatoms. The van der Waals surface area contributed by atoms with Gasteiger partial charge in [0.1, 0.15) is 11.7 Å². The molecule has 1 aromatic carbocycles. The van der Waals surface area contributed by atoms with Crippen molar-refractivity contribution in [2.24, 2.45) is 0 Å². The molecule has 0 spiro atoms. The summed E-state index contributed by atoms with van der Waals surface area (Å²) in [6.45, 7) is 3.77. The molecule has 0 N–H and O–H groups in total. The molecule has 1 heterocycles. The standard InChI is InChI=1S/C15H16F5NO2/c1-6-4-8(5-7(2)21(6)3)23-15(22)9-10(16)12(18)14(20)13(19)11(9)17/h6-8H,4-5H2,1-3H3. The van der Waals surface area contributed by atoms with Crippen LogP contribution in [0.1, 0.15) is 37.0 Å². The largest absolute Gasteiger partial charge is 0.459 e. The minimum atomic E-state index is -2.31. The van der Waals surface area contributed by atoms with Crippen molar-refractivity contribution in [3.05, 3.63) is 34.6 Å².